The van der Waals surface area contributed by atoms with E-state index in [-0.39, 0.29) is 6.79 Å². The molecule has 1 aliphatic rings. The maximum atomic E-state index is 14.5. The molecule has 3 aromatic rings. The van der Waals surface area contributed by atoms with Crippen LogP contribution in [-0.2, 0) is 10.3 Å². The molecule has 7 nitrogen and oxygen atoms in total. The van der Waals surface area contributed by atoms with Gasteiger partial charge in [-0.2, -0.15) is 4.39 Å². The number of halogens is 1. The second-order valence-corrected chi connectivity index (χ2v) is 8.46. The van der Waals surface area contributed by atoms with Crippen LogP contribution in [-0.4, -0.2) is 42.1 Å². The number of hydrogen-bond acceptors (Lipinski definition) is 6. The number of aliphatic imine (C=N–C) groups is 1. The second kappa shape index (κ2) is 10.7. The van der Waals surface area contributed by atoms with Gasteiger partial charge in [0.2, 0.25) is 5.95 Å². The summed E-state index contributed by atoms with van der Waals surface area (Å²) in [5.74, 6) is 0.809. The third-order valence-corrected chi connectivity index (χ3v) is 6.15. The summed E-state index contributed by atoms with van der Waals surface area (Å²) >= 11 is 0. The van der Waals surface area contributed by atoms with Gasteiger partial charge in [-0.15, -0.1) is 0 Å². The third-order valence-electron chi connectivity index (χ3n) is 6.15. The number of nitrogens with two attached hydrogens (primary N) is 1. The molecule has 1 atom stereocenters. The van der Waals surface area contributed by atoms with Crippen LogP contribution in [0.1, 0.15) is 37.3 Å². The molecule has 35 heavy (non-hydrogen) atoms. The number of rotatable bonds is 9. The number of amidine groups is 1. The molecule has 2 heterocycles. The van der Waals surface area contributed by atoms with Crippen molar-refractivity contribution in [2.75, 3.05) is 20.4 Å². The number of nitrogens with one attached hydrogen (secondary N) is 1. The Kier molecular flexibility index (Phi) is 7.41. The Morgan fingerprint density at radius 3 is 2.60 bits per heavy atom. The average Bonchev–Trinajstić information content (AvgIpc) is 2.87. The maximum absolute atomic E-state index is 14.5. The van der Waals surface area contributed by atoms with Gasteiger partial charge in [-0.05, 0) is 53.4 Å². The zero-order chi connectivity index (χ0) is 24.8. The fourth-order valence-electron chi connectivity index (χ4n) is 4.34. The molecular weight excluding hydrogens is 445 g/mol. The fourth-order valence-corrected chi connectivity index (χ4v) is 4.34. The van der Waals surface area contributed by atoms with Crippen molar-refractivity contribution in [3.05, 3.63) is 83.9 Å². The maximum Gasteiger partial charge on any atom is 0.220 e. The van der Waals surface area contributed by atoms with Gasteiger partial charge in [0.05, 0.1) is 0 Å². The Bertz CT molecular complexity index is 1210. The van der Waals surface area contributed by atoms with Gasteiger partial charge in [0.15, 0.2) is 12.8 Å². The highest BCUT2D eigenvalue weighted by atomic mass is 19.1. The van der Waals surface area contributed by atoms with E-state index >= 15 is 0 Å². The number of nitrogens with zero attached hydrogens (tertiary/aromatic N) is 3. The first-order valence-corrected chi connectivity index (χ1v) is 11.6. The SMILES string of the molecule is CCCCN1C(=N)CC(c2ccc(OCOC)cc2)(c2cccc(-c3cccnc3F)c2)N=C1N. The van der Waals surface area contributed by atoms with Gasteiger partial charge in [-0.1, -0.05) is 43.7 Å². The van der Waals surface area contributed by atoms with Crippen molar-refractivity contribution in [3.8, 4) is 16.9 Å². The number of unbranched alkanes of at least 4 members (excludes halogenated alkanes) is 1. The molecule has 2 aromatic carbocycles. The fraction of sp³-hybridized carbons (Fsp3) is 0.296. The van der Waals surface area contributed by atoms with Crippen LogP contribution in [0.15, 0.2) is 71.9 Å². The average molecular weight is 476 g/mol. The summed E-state index contributed by atoms with van der Waals surface area (Å²) in [5, 5.41) is 8.85. The summed E-state index contributed by atoms with van der Waals surface area (Å²) in [5.41, 5.74) is 8.26. The van der Waals surface area contributed by atoms with Crippen LogP contribution in [0, 0.1) is 11.4 Å². The van der Waals surface area contributed by atoms with E-state index in [1.807, 2.05) is 48.5 Å². The van der Waals surface area contributed by atoms with E-state index in [0.29, 0.717) is 41.6 Å². The molecule has 0 amide bonds. The van der Waals surface area contributed by atoms with Crippen LogP contribution in [0.25, 0.3) is 11.1 Å². The van der Waals surface area contributed by atoms with E-state index in [1.54, 1.807) is 24.1 Å². The Morgan fingerprint density at radius 2 is 1.91 bits per heavy atom. The lowest BCUT2D eigenvalue weighted by Gasteiger charge is -2.40. The van der Waals surface area contributed by atoms with Gasteiger partial charge < -0.3 is 20.1 Å². The summed E-state index contributed by atoms with van der Waals surface area (Å²) in [7, 11) is 1.57. The predicted octanol–water partition coefficient (Wildman–Crippen LogP) is 4.91. The van der Waals surface area contributed by atoms with Crippen LogP contribution in [0.2, 0.25) is 0 Å². The molecule has 0 spiro atoms. The molecule has 0 bridgehead atoms. The summed E-state index contributed by atoms with van der Waals surface area (Å²) < 4.78 is 25.0. The molecule has 3 N–H and O–H groups in total. The van der Waals surface area contributed by atoms with Crippen molar-refractivity contribution >= 4 is 11.8 Å². The third kappa shape index (κ3) is 5.02. The number of aromatic nitrogens is 1. The lowest BCUT2D eigenvalue weighted by Crippen LogP contribution is -2.51. The molecule has 4 rings (SSSR count). The number of hydrogen-bond donors (Lipinski definition) is 2. The zero-order valence-corrected chi connectivity index (χ0v) is 20.0. The van der Waals surface area contributed by atoms with Crippen molar-refractivity contribution in [2.24, 2.45) is 10.7 Å². The molecular formula is C27H30FN5O2. The Labute approximate surface area is 204 Å². The van der Waals surface area contributed by atoms with Crippen molar-refractivity contribution in [1.29, 1.82) is 5.41 Å². The van der Waals surface area contributed by atoms with Crippen LogP contribution < -0.4 is 10.5 Å². The lowest BCUT2D eigenvalue weighted by atomic mass is 9.78. The van der Waals surface area contributed by atoms with Gasteiger partial charge in [0, 0.05) is 31.8 Å². The van der Waals surface area contributed by atoms with E-state index < -0.39 is 11.5 Å². The quantitative estimate of drug-likeness (QED) is 0.339. The van der Waals surface area contributed by atoms with E-state index in [1.165, 1.54) is 6.20 Å². The summed E-state index contributed by atoms with van der Waals surface area (Å²) in [6.45, 7) is 2.89. The standard InChI is InChI=1S/C27H30FN5O2/c1-3-4-15-33-24(29)17-27(32-26(33)30,20-10-12-22(13-11-20)35-18-34-2)21-8-5-7-19(16-21)23-9-6-14-31-25(23)28/h5-14,16,29H,3-4,15,17-18H2,1-2H3,(H2,30,32). The highest BCUT2D eigenvalue weighted by Gasteiger charge is 2.41. The first kappa shape index (κ1) is 24.3. The number of pyridine rings is 1. The van der Waals surface area contributed by atoms with Crippen molar-refractivity contribution in [1.82, 2.24) is 9.88 Å². The minimum Gasteiger partial charge on any atom is -0.468 e. The zero-order valence-electron chi connectivity index (χ0n) is 20.0. The monoisotopic (exact) mass is 475 g/mol. The Hall–Kier alpha value is -3.78. The normalized spacial score (nSPS) is 17.9. The Morgan fingerprint density at radius 1 is 1.11 bits per heavy atom. The topological polar surface area (TPSA) is 96.8 Å². The molecule has 1 aromatic heterocycles. The van der Waals surface area contributed by atoms with Gasteiger partial charge in [-0.3, -0.25) is 5.41 Å². The Balaban J connectivity index is 1.84. The van der Waals surface area contributed by atoms with Gasteiger partial charge in [0.1, 0.15) is 17.1 Å². The first-order valence-electron chi connectivity index (χ1n) is 11.6. The minimum absolute atomic E-state index is 0.144. The molecule has 0 radical (unpaired) electrons. The molecule has 8 heteroatoms. The highest BCUT2D eigenvalue weighted by Crippen LogP contribution is 2.42. The van der Waals surface area contributed by atoms with E-state index in [2.05, 4.69) is 11.9 Å². The van der Waals surface area contributed by atoms with Crippen molar-refractivity contribution in [3.63, 3.8) is 0 Å². The van der Waals surface area contributed by atoms with Gasteiger partial charge >= 0.3 is 0 Å². The van der Waals surface area contributed by atoms with Crippen LogP contribution in [0.4, 0.5) is 4.39 Å². The molecule has 0 aliphatic carbocycles. The number of benzene rings is 2. The molecule has 0 saturated heterocycles. The molecule has 1 aliphatic heterocycles. The molecule has 182 valence electrons. The minimum atomic E-state index is -0.946. The van der Waals surface area contributed by atoms with Crippen molar-refractivity contribution in [2.45, 2.75) is 31.7 Å². The molecule has 0 fully saturated rings. The van der Waals surface area contributed by atoms with Crippen LogP contribution in [0.3, 0.4) is 0 Å². The summed E-state index contributed by atoms with van der Waals surface area (Å²) in [4.78, 5) is 10.5. The predicted molar refractivity (Wildman–Crippen MR) is 135 cm³/mol. The number of ether oxygens (including phenoxy) is 2. The summed E-state index contributed by atoms with van der Waals surface area (Å²) in [6.07, 6.45) is 3.64. The number of methoxy groups -OCH3 is 1. The lowest BCUT2D eigenvalue weighted by molar-refractivity contribution is 0.0511. The highest BCUT2D eigenvalue weighted by molar-refractivity contribution is 6.01. The first-order chi connectivity index (χ1) is 17.0. The van der Waals surface area contributed by atoms with E-state index in [4.69, 9.17) is 25.6 Å². The van der Waals surface area contributed by atoms with Gasteiger partial charge in [-0.25, -0.2) is 9.98 Å². The largest absolute Gasteiger partial charge is 0.468 e. The van der Waals surface area contributed by atoms with Crippen molar-refractivity contribution < 1.29 is 13.9 Å². The smallest absolute Gasteiger partial charge is 0.220 e. The second-order valence-electron chi connectivity index (χ2n) is 8.46. The summed E-state index contributed by atoms with van der Waals surface area (Å²) in [6, 6.07) is 18.5. The molecule has 0 saturated carbocycles. The van der Waals surface area contributed by atoms with Crippen LogP contribution >= 0.6 is 0 Å². The van der Waals surface area contributed by atoms with E-state index in [9.17, 15) is 4.39 Å². The van der Waals surface area contributed by atoms with Gasteiger partial charge in [0.25, 0.3) is 0 Å². The van der Waals surface area contributed by atoms with Crippen LogP contribution in [0.5, 0.6) is 5.75 Å². The number of guanidine groups is 1. The van der Waals surface area contributed by atoms with E-state index in [0.717, 1.165) is 24.0 Å². The molecule has 1 unspecified atom stereocenters.